The number of methoxy groups -OCH3 is 1. The molecule has 0 aromatic heterocycles. The number of hydrogen-bond donors (Lipinski definition) is 2. The highest BCUT2D eigenvalue weighted by molar-refractivity contribution is 5.90. The fourth-order valence-corrected chi connectivity index (χ4v) is 3.00. The third kappa shape index (κ3) is 5.24. The predicted octanol–water partition coefficient (Wildman–Crippen LogP) is 3.24. The van der Waals surface area contributed by atoms with Crippen molar-refractivity contribution in [3.05, 3.63) is 60.3 Å². The van der Waals surface area contributed by atoms with Crippen molar-refractivity contribution in [1.82, 2.24) is 10.2 Å². The molecule has 1 aliphatic heterocycles. The summed E-state index contributed by atoms with van der Waals surface area (Å²) >= 11 is 0. The van der Waals surface area contributed by atoms with Gasteiger partial charge in [-0.3, -0.25) is 0 Å². The number of likely N-dealkylation sites (N-methyl/N-ethyl adjacent to an activating group) is 1. The van der Waals surface area contributed by atoms with Crippen molar-refractivity contribution >= 4 is 23.5 Å². The fourth-order valence-electron chi connectivity index (χ4n) is 3.00. The first-order valence-corrected chi connectivity index (χ1v) is 9.06. The summed E-state index contributed by atoms with van der Waals surface area (Å²) in [6, 6.07) is 15.3. The highest BCUT2D eigenvalue weighted by atomic mass is 16.5. The number of ether oxygens (including phenoxy) is 1. The third-order valence-electron chi connectivity index (χ3n) is 4.61. The van der Waals surface area contributed by atoms with Crippen LogP contribution in [0.3, 0.4) is 0 Å². The maximum absolute atomic E-state index is 12.1. The molecule has 2 N–H and O–H groups in total. The lowest BCUT2D eigenvalue weighted by Crippen LogP contribution is -2.44. The molecule has 0 unspecified atom stereocenters. The quantitative estimate of drug-likeness (QED) is 0.853. The van der Waals surface area contributed by atoms with E-state index in [2.05, 4.69) is 27.5 Å². The Kier molecular flexibility index (Phi) is 6.33. The van der Waals surface area contributed by atoms with E-state index in [1.54, 1.807) is 19.4 Å². The number of carbonyl (C=O) groups is 1. The largest absolute Gasteiger partial charge is 0.496 e. The zero-order valence-electron chi connectivity index (χ0n) is 15.8. The molecule has 27 heavy (non-hydrogen) atoms. The number of hydrogen-bond acceptors (Lipinski definition) is 4. The van der Waals surface area contributed by atoms with Gasteiger partial charge in [-0.2, -0.15) is 0 Å². The van der Waals surface area contributed by atoms with Gasteiger partial charge in [0.25, 0.3) is 0 Å². The maximum Gasteiger partial charge on any atom is 0.323 e. The number of benzene rings is 2. The van der Waals surface area contributed by atoms with E-state index >= 15 is 0 Å². The van der Waals surface area contributed by atoms with Crippen LogP contribution in [-0.4, -0.2) is 51.3 Å². The van der Waals surface area contributed by atoms with E-state index in [1.807, 2.05) is 48.5 Å². The molecule has 3 rings (SSSR count). The van der Waals surface area contributed by atoms with Crippen LogP contribution in [0.25, 0.3) is 6.08 Å². The first kappa shape index (κ1) is 18.8. The van der Waals surface area contributed by atoms with Gasteiger partial charge in [-0.25, -0.2) is 4.79 Å². The summed E-state index contributed by atoms with van der Waals surface area (Å²) in [5, 5.41) is 5.55. The summed E-state index contributed by atoms with van der Waals surface area (Å²) in [5.74, 6) is 0.760. The molecule has 6 heteroatoms. The molecule has 0 atom stereocenters. The number of para-hydroxylation sites is 1. The number of piperazine rings is 1. The maximum atomic E-state index is 12.1. The Labute approximate surface area is 160 Å². The molecular weight excluding hydrogens is 340 g/mol. The Hall–Kier alpha value is -2.99. The van der Waals surface area contributed by atoms with Crippen LogP contribution in [0.15, 0.2) is 54.7 Å². The van der Waals surface area contributed by atoms with Gasteiger partial charge in [0.2, 0.25) is 0 Å². The van der Waals surface area contributed by atoms with Crippen molar-refractivity contribution < 1.29 is 9.53 Å². The van der Waals surface area contributed by atoms with Crippen molar-refractivity contribution in [3.8, 4) is 5.75 Å². The Morgan fingerprint density at radius 3 is 2.44 bits per heavy atom. The van der Waals surface area contributed by atoms with Crippen molar-refractivity contribution in [3.63, 3.8) is 0 Å². The van der Waals surface area contributed by atoms with Crippen LogP contribution in [-0.2, 0) is 0 Å². The van der Waals surface area contributed by atoms with Crippen LogP contribution in [0.4, 0.5) is 16.2 Å². The highest BCUT2D eigenvalue weighted by Gasteiger charge is 2.14. The topological polar surface area (TPSA) is 56.8 Å². The van der Waals surface area contributed by atoms with Crippen molar-refractivity contribution in [1.29, 1.82) is 0 Å². The van der Waals surface area contributed by atoms with Gasteiger partial charge in [-0.1, -0.05) is 18.2 Å². The van der Waals surface area contributed by atoms with E-state index in [-0.39, 0.29) is 6.03 Å². The van der Waals surface area contributed by atoms with Gasteiger partial charge in [0.15, 0.2) is 0 Å². The molecule has 2 aromatic rings. The monoisotopic (exact) mass is 366 g/mol. The zero-order chi connectivity index (χ0) is 19.1. The van der Waals surface area contributed by atoms with Crippen molar-refractivity contribution in [2.45, 2.75) is 0 Å². The first-order chi connectivity index (χ1) is 13.2. The van der Waals surface area contributed by atoms with Crippen LogP contribution < -0.4 is 20.3 Å². The van der Waals surface area contributed by atoms with Crippen molar-refractivity contribution in [2.75, 3.05) is 50.6 Å². The van der Waals surface area contributed by atoms with E-state index in [4.69, 9.17) is 4.74 Å². The van der Waals surface area contributed by atoms with Gasteiger partial charge in [-0.05, 0) is 43.5 Å². The Bertz CT molecular complexity index is 781. The molecule has 142 valence electrons. The normalized spacial score (nSPS) is 15.0. The predicted molar refractivity (Wildman–Crippen MR) is 110 cm³/mol. The fraction of sp³-hybridized carbons (Fsp3) is 0.286. The average molecular weight is 366 g/mol. The molecular formula is C21H26N4O2. The van der Waals surface area contributed by atoms with E-state index in [1.165, 1.54) is 5.69 Å². The van der Waals surface area contributed by atoms with E-state index in [9.17, 15) is 4.79 Å². The van der Waals surface area contributed by atoms with Crippen LogP contribution in [0.2, 0.25) is 0 Å². The second-order valence-corrected chi connectivity index (χ2v) is 6.51. The van der Waals surface area contributed by atoms with Crippen LogP contribution in [0.1, 0.15) is 5.56 Å². The second kappa shape index (κ2) is 9.09. The molecule has 2 aromatic carbocycles. The van der Waals surface area contributed by atoms with Crippen LogP contribution >= 0.6 is 0 Å². The molecule has 6 nitrogen and oxygen atoms in total. The summed E-state index contributed by atoms with van der Waals surface area (Å²) in [7, 11) is 3.77. The van der Waals surface area contributed by atoms with Crippen LogP contribution in [0, 0.1) is 0 Å². The number of amides is 2. The van der Waals surface area contributed by atoms with Gasteiger partial charge >= 0.3 is 6.03 Å². The first-order valence-electron chi connectivity index (χ1n) is 9.06. The van der Waals surface area contributed by atoms with Gasteiger partial charge in [-0.15, -0.1) is 0 Å². The molecule has 1 heterocycles. The van der Waals surface area contributed by atoms with Crippen LogP contribution in [0.5, 0.6) is 5.75 Å². The van der Waals surface area contributed by atoms with Gasteiger partial charge in [0.05, 0.1) is 7.11 Å². The Morgan fingerprint density at radius 1 is 1.04 bits per heavy atom. The number of carbonyl (C=O) groups excluding carboxylic acids is 1. The Balaban J connectivity index is 1.51. The number of rotatable bonds is 5. The summed E-state index contributed by atoms with van der Waals surface area (Å²) in [5.41, 5.74) is 2.85. The average Bonchev–Trinajstić information content (AvgIpc) is 2.69. The SMILES string of the molecule is COc1ccccc1/C=C/NC(=O)Nc1ccc(N2CCN(C)CC2)cc1. The highest BCUT2D eigenvalue weighted by Crippen LogP contribution is 2.20. The van der Waals surface area contributed by atoms with Gasteiger partial charge in [0, 0.05) is 49.3 Å². The van der Waals surface area contributed by atoms with Gasteiger partial charge in [0.1, 0.15) is 5.75 Å². The molecule has 1 fully saturated rings. The number of anilines is 2. The molecule has 0 radical (unpaired) electrons. The summed E-state index contributed by atoms with van der Waals surface area (Å²) in [6.45, 7) is 4.19. The number of urea groups is 1. The Morgan fingerprint density at radius 2 is 1.74 bits per heavy atom. The molecule has 0 spiro atoms. The summed E-state index contributed by atoms with van der Waals surface area (Å²) < 4.78 is 5.28. The molecule has 1 aliphatic rings. The third-order valence-corrected chi connectivity index (χ3v) is 4.61. The lowest BCUT2D eigenvalue weighted by Gasteiger charge is -2.34. The standard InChI is InChI=1S/C21H26N4O2/c1-24-13-15-25(16-14-24)19-9-7-18(8-10-19)23-21(26)22-12-11-17-5-3-4-6-20(17)27-2/h3-12H,13-16H2,1-2H3,(H2,22,23,26)/b12-11+. The molecule has 0 bridgehead atoms. The molecule has 2 amide bonds. The summed E-state index contributed by atoms with van der Waals surface area (Å²) in [4.78, 5) is 16.7. The number of nitrogens with zero attached hydrogens (tertiary/aromatic N) is 2. The lowest BCUT2D eigenvalue weighted by molar-refractivity contribution is 0.255. The molecule has 0 saturated carbocycles. The second-order valence-electron chi connectivity index (χ2n) is 6.51. The zero-order valence-corrected chi connectivity index (χ0v) is 15.8. The van der Waals surface area contributed by atoms with Crippen molar-refractivity contribution in [2.24, 2.45) is 0 Å². The van der Waals surface area contributed by atoms with Gasteiger partial charge < -0.3 is 25.2 Å². The van der Waals surface area contributed by atoms with E-state index in [0.29, 0.717) is 0 Å². The van der Waals surface area contributed by atoms with E-state index < -0.39 is 0 Å². The minimum absolute atomic E-state index is 0.284. The summed E-state index contributed by atoms with van der Waals surface area (Å²) in [6.07, 6.45) is 3.40. The minimum Gasteiger partial charge on any atom is -0.496 e. The minimum atomic E-state index is -0.284. The lowest BCUT2D eigenvalue weighted by atomic mass is 10.2. The van der Waals surface area contributed by atoms with E-state index in [0.717, 1.165) is 43.2 Å². The smallest absolute Gasteiger partial charge is 0.323 e. The molecule has 1 saturated heterocycles. The number of nitrogens with one attached hydrogen (secondary N) is 2. The molecule has 0 aliphatic carbocycles.